The lowest BCUT2D eigenvalue weighted by Crippen LogP contribution is -2.42. The van der Waals surface area contributed by atoms with Gasteiger partial charge in [-0.3, -0.25) is 0 Å². The van der Waals surface area contributed by atoms with Gasteiger partial charge in [-0.05, 0) is 50.8 Å². The summed E-state index contributed by atoms with van der Waals surface area (Å²) in [5.74, 6) is 0. The van der Waals surface area contributed by atoms with Crippen LogP contribution in [0.25, 0.3) is 0 Å². The van der Waals surface area contributed by atoms with Crippen LogP contribution in [0.1, 0.15) is 34.7 Å². The van der Waals surface area contributed by atoms with Crippen molar-refractivity contribution < 1.29 is 0 Å². The summed E-state index contributed by atoms with van der Waals surface area (Å²) < 4.78 is 0. The Hall–Kier alpha value is -1.39. The normalized spacial score (nSPS) is 16.2. The maximum absolute atomic E-state index is 4.52. The number of anilines is 1. The van der Waals surface area contributed by atoms with Crippen LogP contribution < -0.4 is 10.2 Å². The third kappa shape index (κ3) is 3.50. The first-order valence-electron chi connectivity index (χ1n) is 8.09. The fourth-order valence-corrected chi connectivity index (χ4v) is 3.75. The molecule has 1 aromatic heterocycles. The van der Waals surface area contributed by atoms with Crippen molar-refractivity contribution >= 4 is 17.0 Å². The Kier molecular flexibility index (Phi) is 4.79. The lowest BCUT2D eigenvalue weighted by molar-refractivity contribution is 0.412. The molecule has 0 amide bonds. The molecule has 1 aliphatic rings. The summed E-state index contributed by atoms with van der Waals surface area (Å²) in [6.45, 7) is 9.67. The van der Waals surface area contributed by atoms with E-state index in [0.29, 0.717) is 6.04 Å². The molecule has 2 aromatic rings. The van der Waals surface area contributed by atoms with Gasteiger partial charge in [-0.1, -0.05) is 12.1 Å². The average molecular weight is 315 g/mol. The monoisotopic (exact) mass is 315 g/mol. The third-order valence-electron chi connectivity index (χ3n) is 4.65. The Morgan fingerprint density at radius 1 is 1.23 bits per heavy atom. The Bertz CT molecular complexity index is 627. The highest BCUT2D eigenvalue weighted by atomic mass is 32.1. The Labute approximate surface area is 137 Å². The van der Waals surface area contributed by atoms with Gasteiger partial charge in [0, 0.05) is 36.7 Å². The number of aryl methyl sites for hydroxylation is 2. The first kappa shape index (κ1) is 15.5. The maximum Gasteiger partial charge on any atom is 0.0897 e. The van der Waals surface area contributed by atoms with Crippen LogP contribution in [0, 0.1) is 20.8 Å². The second-order valence-corrected chi connectivity index (χ2v) is 7.28. The highest BCUT2D eigenvalue weighted by Crippen LogP contribution is 2.26. The van der Waals surface area contributed by atoms with Crippen molar-refractivity contribution in [2.75, 3.05) is 18.0 Å². The minimum absolute atomic E-state index is 0.614. The summed E-state index contributed by atoms with van der Waals surface area (Å²) >= 11 is 1.73. The average Bonchev–Trinajstić information content (AvgIpc) is 2.94. The molecule has 4 heteroatoms. The van der Waals surface area contributed by atoms with Gasteiger partial charge in [-0.2, -0.15) is 0 Å². The molecule has 0 bridgehead atoms. The predicted molar refractivity (Wildman–Crippen MR) is 94.8 cm³/mol. The molecule has 3 rings (SSSR count). The van der Waals surface area contributed by atoms with Gasteiger partial charge >= 0.3 is 0 Å². The molecule has 0 spiro atoms. The molecule has 1 saturated heterocycles. The van der Waals surface area contributed by atoms with E-state index in [-0.39, 0.29) is 0 Å². The van der Waals surface area contributed by atoms with Crippen LogP contribution in [0.3, 0.4) is 0 Å². The molecule has 118 valence electrons. The van der Waals surface area contributed by atoms with E-state index in [4.69, 9.17) is 0 Å². The van der Waals surface area contributed by atoms with Gasteiger partial charge in [0.25, 0.3) is 0 Å². The van der Waals surface area contributed by atoms with Gasteiger partial charge in [0.2, 0.25) is 0 Å². The summed E-state index contributed by atoms with van der Waals surface area (Å²) in [5, 5.41) is 6.98. The fraction of sp³-hybridized carbons (Fsp3) is 0.500. The number of aromatic nitrogens is 1. The molecular weight excluding hydrogens is 290 g/mol. The SMILES string of the molecule is Cc1nc(CNC2CCN(c3cccc(C)c3C)CC2)cs1. The zero-order valence-electron chi connectivity index (χ0n) is 13.7. The van der Waals surface area contributed by atoms with E-state index in [1.54, 1.807) is 11.3 Å². The van der Waals surface area contributed by atoms with E-state index < -0.39 is 0 Å². The minimum atomic E-state index is 0.614. The van der Waals surface area contributed by atoms with E-state index in [2.05, 4.69) is 59.6 Å². The van der Waals surface area contributed by atoms with Crippen molar-refractivity contribution in [1.82, 2.24) is 10.3 Å². The van der Waals surface area contributed by atoms with Gasteiger partial charge in [-0.25, -0.2) is 4.98 Å². The van der Waals surface area contributed by atoms with Crippen molar-refractivity contribution in [1.29, 1.82) is 0 Å². The van der Waals surface area contributed by atoms with Crippen LogP contribution in [0.4, 0.5) is 5.69 Å². The Morgan fingerprint density at radius 2 is 2.00 bits per heavy atom. The molecule has 3 nitrogen and oxygen atoms in total. The minimum Gasteiger partial charge on any atom is -0.371 e. The maximum atomic E-state index is 4.52. The number of piperidine rings is 1. The van der Waals surface area contributed by atoms with Crippen molar-refractivity contribution in [3.63, 3.8) is 0 Å². The number of hydrogen-bond acceptors (Lipinski definition) is 4. The van der Waals surface area contributed by atoms with Gasteiger partial charge in [0.05, 0.1) is 10.7 Å². The number of nitrogens with zero attached hydrogens (tertiary/aromatic N) is 2. The molecule has 22 heavy (non-hydrogen) atoms. The second-order valence-electron chi connectivity index (χ2n) is 6.22. The molecule has 2 heterocycles. The number of nitrogens with one attached hydrogen (secondary N) is 1. The van der Waals surface area contributed by atoms with Crippen molar-refractivity contribution in [3.8, 4) is 0 Å². The van der Waals surface area contributed by atoms with E-state index in [1.165, 1.54) is 35.3 Å². The molecule has 1 aromatic carbocycles. The van der Waals surface area contributed by atoms with E-state index >= 15 is 0 Å². The quantitative estimate of drug-likeness (QED) is 0.929. The highest BCUT2D eigenvalue weighted by Gasteiger charge is 2.20. The number of thiazole rings is 1. The number of hydrogen-bond donors (Lipinski definition) is 1. The molecule has 1 fully saturated rings. The molecule has 1 aliphatic heterocycles. The fourth-order valence-electron chi connectivity index (χ4n) is 3.14. The number of benzene rings is 1. The third-order valence-corrected chi connectivity index (χ3v) is 5.47. The van der Waals surface area contributed by atoms with E-state index in [9.17, 15) is 0 Å². The topological polar surface area (TPSA) is 28.2 Å². The largest absolute Gasteiger partial charge is 0.371 e. The summed E-state index contributed by atoms with van der Waals surface area (Å²) in [5.41, 5.74) is 5.40. The van der Waals surface area contributed by atoms with Crippen LogP contribution in [-0.2, 0) is 6.54 Å². The zero-order valence-corrected chi connectivity index (χ0v) is 14.5. The summed E-state index contributed by atoms with van der Waals surface area (Å²) in [6, 6.07) is 7.24. The molecule has 1 N–H and O–H groups in total. The molecule has 0 aliphatic carbocycles. The summed E-state index contributed by atoms with van der Waals surface area (Å²) in [4.78, 5) is 7.06. The van der Waals surface area contributed by atoms with Gasteiger partial charge < -0.3 is 10.2 Å². The standard InChI is InChI=1S/C18H25N3S/c1-13-5-4-6-18(14(13)2)21-9-7-16(8-10-21)19-11-17-12-22-15(3)20-17/h4-6,12,16,19H,7-11H2,1-3H3. The summed E-state index contributed by atoms with van der Waals surface area (Å²) in [6.07, 6.45) is 2.41. The van der Waals surface area contributed by atoms with Gasteiger partial charge in [0.15, 0.2) is 0 Å². The first-order chi connectivity index (χ1) is 10.6. The lowest BCUT2D eigenvalue weighted by Gasteiger charge is -2.35. The van der Waals surface area contributed by atoms with Crippen LogP contribution in [0.2, 0.25) is 0 Å². The van der Waals surface area contributed by atoms with Crippen LogP contribution >= 0.6 is 11.3 Å². The second kappa shape index (κ2) is 6.80. The van der Waals surface area contributed by atoms with E-state index in [1.807, 2.05) is 0 Å². The van der Waals surface area contributed by atoms with Crippen LogP contribution in [0.5, 0.6) is 0 Å². The zero-order chi connectivity index (χ0) is 15.5. The molecule has 0 saturated carbocycles. The molecular formula is C18H25N3S. The predicted octanol–water partition coefficient (Wildman–Crippen LogP) is 3.83. The van der Waals surface area contributed by atoms with Crippen molar-refractivity contribution in [3.05, 3.63) is 45.4 Å². The van der Waals surface area contributed by atoms with Crippen molar-refractivity contribution in [2.24, 2.45) is 0 Å². The van der Waals surface area contributed by atoms with Crippen molar-refractivity contribution in [2.45, 2.75) is 46.2 Å². The van der Waals surface area contributed by atoms with Gasteiger partial charge in [-0.15, -0.1) is 11.3 Å². The van der Waals surface area contributed by atoms with E-state index in [0.717, 1.165) is 24.6 Å². The molecule has 0 atom stereocenters. The van der Waals surface area contributed by atoms with Crippen LogP contribution in [-0.4, -0.2) is 24.1 Å². The molecule has 0 unspecified atom stereocenters. The van der Waals surface area contributed by atoms with Crippen LogP contribution in [0.15, 0.2) is 23.6 Å². The number of rotatable bonds is 4. The van der Waals surface area contributed by atoms with Gasteiger partial charge in [0.1, 0.15) is 0 Å². The smallest absolute Gasteiger partial charge is 0.0897 e. The lowest BCUT2D eigenvalue weighted by atomic mass is 10.0. The highest BCUT2D eigenvalue weighted by molar-refractivity contribution is 7.09. The first-order valence-corrected chi connectivity index (χ1v) is 8.97. The Balaban J connectivity index is 1.53. The Morgan fingerprint density at radius 3 is 2.68 bits per heavy atom. The molecule has 0 radical (unpaired) electrons. The summed E-state index contributed by atoms with van der Waals surface area (Å²) in [7, 11) is 0.